The fourth-order valence-electron chi connectivity index (χ4n) is 3.79. The fraction of sp³-hybridized carbons (Fsp3) is 0.185. The number of halogens is 1. The molecule has 0 spiro atoms. The molecule has 4 rings (SSSR count). The summed E-state index contributed by atoms with van der Waals surface area (Å²) in [5.41, 5.74) is 4.66. The summed E-state index contributed by atoms with van der Waals surface area (Å²) in [6, 6.07) is 18.8. The molecule has 1 aliphatic rings. The minimum absolute atomic E-state index is 0.235. The number of pyridine rings is 1. The number of rotatable bonds is 9. The molecule has 2 heterocycles. The second kappa shape index (κ2) is 11.0. The van der Waals surface area contributed by atoms with E-state index < -0.39 is 5.97 Å². The maximum absolute atomic E-state index is 13.1. The molecule has 0 fully saturated rings. The minimum atomic E-state index is -0.916. The van der Waals surface area contributed by atoms with E-state index in [1.807, 2.05) is 30.5 Å². The van der Waals surface area contributed by atoms with Crippen molar-refractivity contribution in [2.75, 3.05) is 12.3 Å². The quantitative estimate of drug-likeness (QED) is 0.402. The van der Waals surface area contributed by atoms with Gasteiger partial charge in [0.25, 0.3) is 0 Å². The van der Waals surface area contributed by atoms with Crippen LogP contribution in [0.1, 0.15) is 17.5 Å². The Morgan fingerprint density at radius 1 is 1.06 bits per heavy atom. The molecular formula is C27H25FN2O2S. The Morgan fingerprint density at radius 3 is 2.64 bits per heavy atom. The third kappa shape index (κ3) is 6.11. The molecule has 1 N–H and O–H groups in total. The van der Waals surface area contributed by atoms with E-state index in [1.165, 1.54) is 12.1 Å². The first-order chi connectivity index (χ1) is 16.1. The van der Waals surface area contributed by atoms with Crippen LogP contribution >= 0.6 is 11.8 Å². The van der Waals surface area contributed by atoms with E-state index in [2.05, 4.69) is 28.1 Å². The number of hydrogen-bond donors (Lipinski definition) is 1. The lowest BCUT2D eigenvalue weighted by atomic mass is 10.0. The Hall–Kier alpha value is -3.38. The summed E-state index contributed by atoms with van der Waals surface area (Å²) in [5.74, 6) is -0.369. The zero-order valence-corrected chi connectivity index (χ0v) is 19.0. The van der Waals surface area contributed by atoms with E-state index in [0.717, 1.165) is 45.9 Å². The molecule has 0 atom stereocenters. The number of nitrogens with zero attached hydrogens (tertiary/aromatic N) is 2. The summed E-state index contributed by atoms with van der Waals surface area (Å²) < 4.78 is 13.1. The zero-order chi connectivity index (χ0) is 23.0. The molecule has 3 aromatic rings. The highest BCUT2D eigenvalue weighted by atomic mass is 32.2. The monoisotopic (exact) mass is 460 g/mol. The van der Waals surface area contributed by atoms with Crippen molar-refractivity contribution >= 4 is 17.7 Å². The van der Waals surface area contributed by atoms with Gasteiger partial charge in [-0.2, -0.15) is 0 Å². The van der Waals surface area contributed by atoms with Crippen molar-refractivity contribution in [2.45, 2.75) is 19.4 Å². The van der Waals surface area contributed by atoms with Crippen LogP contribution in [0.15, 0.2) is 95.8 Å². The highest BCUT2D eigenvalue weighted by Gasteiger charge is 2.21. The van der Waals surface area contributed by atoms with Gasteiger partial charge in [0.15, 0.2) is 0 Å². The zero-order valence-electron chi connectivity index (χ0n) is 18.2. The van der Waals surface area contributed by atoms with Crippen molar-refractivity contribution in [3.63, 3.8) is 0 Å². The van der Waals surface area contributed by atoms with Crippen LogP contribution in [-0.4, -0.2) is 33.3 Å². The summed E-state index contributed by atoms with van der Waals surface area (Å²) >= 11 is 1.57. The predicted octanol–water partition coefficient (Wildman–Crippen LogP) is 5.92. The molecule has 0 unspecified atom stereocenters. The maximum atomic E-state index is 13.1. The normalized spacial score (nSPS) is 13.4. The van der Waals surface area contributed by atoms with Gasteiger partial charge in [0.2, 0.25) is 0 Å². The molecule has 6 heteroatoms. The molecule has 0 radical (unpaired) electrons. The number of carboxylic acid groups (broad SMARTS) is 1. The van der Waals surface area contributed by atoms with Crippen LogP contribution in [0.5, 0.6) is 0 Å². The topological polar surface area (TPSA) is 53.4 Å². The molecule has 168 valence electrons. The first-order valence-corrected chi connectivity index (χ1v) is 11.8. The summed E-state index contributed by atoms with van der Waals surface area (Å²) in [7, 11) is 0. The number of carboxylic acids is 1. The average molecular weight is 461 g/mol. The van der Waals surface area contributed by atoms with Crippen molar-refractivity contribution in [1.82, 2.24) is 9.88 Å². The molecule has 2 aromatic carbocycles. The number of benzene rings is 2. The number of aryl methyl sites for hydroxylation is 1. The number of carbonyl (C=O) groups is 1. The van der Waals surface area contributed by atoms with Crippen molar-refractivity contribution in [3.05, 3.63) is 113 Å². The lowest BCUT2D eigenvalue weighted by Gasteiger charge is -2.30. The van der Waals surface area contributed by atoms with Gasteiger partial charge in [0.05, 0.1) is 10.6 Å². The third-order valence-electron chi connectivity index (χ3n) is 5.42. The van der Waals surface area contributed by atoms with Gasteiger partial charge in [-0.3, -0.25) is 4.98 Å². The standard InChI is InChI=1S/C27H25FN2O2S/c28-24-12-10-20(11-13-24)6-4-16-33-26-25(27(31)32)9-3-15-30(26)19-21-5-1-7-22(17-21)23-8-2-14-29-18-23/h1-3,5,7-14,17-18H,4,6,15-16,19H2,(H,31,32). The summed E-state index contributed by atoms with van der Waals surface area (Å²) in [4.78, 5) is 18.2. The van der Waals surface area contributed by atoms with E-state index in [1.54, 1.807) is 36.2 Å². The van der Waals surface area contributed by atoms with Gasteiger partial charge < -0.3 is 10.0 Å². The van der Waals surface area contributed by atoms with E-state index in [9.17, 15) is 14.3 Å². The molecule has 0 bridgehead atoms. The van der Waals surface area contributed by atoms with Gasteiger partial charge in [0.1, 0.15) is 5.82 Å². The Morgan fingerprint density at radius 2 is 1.88 bits per heavy atom. The molecule has 33 heavy (non-hydrogen) atoms. The second-order valence-corrected chi connectivity index (χ2v) is 8.91. The van der Waals surface area contributed by atoms with Gasteiger partial charge in [-0.15, -0.1) is 11.8 Å². The highest BCUT2D eigenvalue weighted by Crippen LogP contribution is 2.31. The second-order valence-electron chi connectivity index (χ2n) is 7.83. The van der Waals surface area contributed by atoms with Crippen molar-refractivity contribution < 1.29 is 14.3 Å². The summed E-state index contributed by atoms with van der Waals surface area (Å²) in [6.45, 7) is 1.28. The van der Waals surface area contributed by atoms with E-state index in [4.69, 9.17) is 0 Å². The van der Waals surface area contributed by atoms with Gasteiger partial charge in [-0.1, -0.05) is 42.5 Å². The van der Waals surface area contributed by atoms with Crippen LogP contribution in [0.25, 0.3) is 11.1 Å². The van der Waals surface area contributed by atoms with Gasteiger partial charge in [0, 0.05) is 25.5 Å². The largest absolute Gasteiger partial charge is 0.478 e. The molecule has 1 aliphatic heterocycles. The average Bonchev–Trinajstić information content (AvgIpc) is 2.84. The molecule has 1 aromatic heterocycles. The van der Waals surface area contributed by atoms with Crippen LogP contribution in [0.2, 0.25) is 0 Å². The van der Waals surface area contributed by atoms with Crippen LogP contribution in [0.4, 0.5) is 4.39 Å². The molecular weight excluding hydrogens is 435 g/mol. The summed E-state index contributed by atoms with van der Waals surface area (Å²) in [5, 5.41) is 10.5. The molecule has 4 nitrogen and oxygen atoms in total. The number of thioether (sulfide) groups is 1. The molecule has 0 saturated carbocycles. The first kappa shape index (κ1) is 22.8. The minimum Gasteiger partial charge on any atom is -0.478 e. The van der Waals surface area contributed by atoms with Gasteiger partial charge in [-0.25, -0.2) is 9.18 Å². The van der Waals surface area contributed by atoms with Crippen molar-refractivity contribution in [1.29, 1.82) is 0 Å². The Bertz CT molecular complexity index is 1160. The van der Waals surface area contributed by atoms with Gasteiger partial charge >= 0.3 is 5.97 Å². The number of hydrogen-bond acceptors (Lipinski definition) is 4. The van der Waals surface area contributed by atoms with E-state index in [-0.39, 0.29) is 5.82 Å². The summed E-state index contributed by atoms with van der Waals surface area (Å²) in [6.07, 6.45) is 8.90. The highest BCUT2D eigenvalue weighted by molar-refractivity contribution is 8.03. The molecule has 0 saturated heterocycles. The molecule has 0 amide bonds. The van der Waals surface area contributed by atoms with Crippen molar-refractivity contribution in [2.24, 2.45) is 0 Å². The Balaban J connectivity index is 1.46. The van der Waals surface area contributed by atoms with Crippen molar-refractivity contribution in [3.8, 4) is 11.1 Å². The smallest absolute Gasteiger partial charge is 0.338 e. The van der Waals surface area contributed by atoms with Crippen LogP contribution in [-0.2, 0) is 17.8 Å². The maximum Gasteiger partial charge on any atom is 0.338 e. The van der Waals surface area contributed by atoms with Crippen LogP contribution in [0.3, 0.4) is 0 Å². The lowest BCUT2D eigenvalue weighted by molar-refractivity contribution is -0.132. The van der Waals surface area contributed by atoms with Crippen LogP contribution < -0.4 is 0 Å². The Kier molecular flexibility index (Phi) is 7.58. The van der Waals surface area contributed by atoms with E-state index in [0.29, 0.717) is 18.7 Å². The van der Waals surface area contributed by atoms with Gasteiger partial charge in [-0.05, 0) is 71.2 Å². The number of aromatic nitrogens is 1. The van der Waals surface area contributed by atoms with Crippen LogP contribution in [0, 0.1) is 5.82 Å². The fourth-order valence-corrected chi connectivity index (χ4v) is 4.90. The van der Waals surface area contributed by atoms with E-state index >= 15 is 0 Å². The molecule has 0 aliphatic carbocycles. The third-order valence-corrected chi connectivity index (χ3v) is 6.66. The first-order valence-electron chi connectivity index (χ1n) is 10.9. The predicted molar refractivity (Wildman–Crippen MR) is 131 cm³/mol. The Labute approximate surface area is 197 Å². The number of aliphatic carboxylic acids is 1. The SMILES string of the molecule is O=C(O)C1=C(SCCCc2ccc(F)cc2)N(Cc2cccc(-c3cccnc3)c2)CC=C1. The lowest BCUT2D eigenvalue weighted by Crippen LogP contribution is -2.27.